The number of rotatable bonds is 2. The monoisotopic (exact) mass is 97.1 g/mol. The van der Waals surface area contributed by atoms with E-state index in [1.807, 2.05) is 0 Å². The van der Waals surface area contributed by atoms with Crippen molar-refractivity contribution in [2.45, 2.75) is 20.1 Å². The highest BCUT2D eigenvalue weighted by Crippen LogP contribution is 1.95. The van der Waals surface area contributed by atoms with E-state index in [0.717, 1.165) is 0 Å². The Morgan fingerprint density at radius 2 is 3.17 bits per heavy atom. The van der Waals surface area contributed by atoms with Gasteiger partial charge in [0.1, 0.15) is 0 Å². The average molecular weight is 97.2 g/mol. The van der Waals surface area contributed by atoms with Crippen LogP contribution in [0.5, 0.6) is 0 Å². The zero-order valence-corrected chi connectivity index (χ0v) is 3.15. The van der Waals surface area contributed by atoms with Gasteiger partial charge < -0.3 is 5.11 Å². The van der Waals surface area contributed by atoms with E-state index in [1.165, 1.54) is 0 Å². The maximum atomic E-state index is 8.78. The second-order valence-electron chi connectivity index (χ2n) is 0.762. The highest BCUT2D eigenvalue weighted by molar-refractivity contribution is 4.41. The largest absolute Gasteiger partial charge is 0.396 e. The molecule has 1 nitrogen and oxygen atoms in total. The van der Waals surface area contributed by atoms with Crippen LogP contribution in [0.15, 0.2) is 0 Å². The van der Waals surface area contributed by atoms with Gasteiger partial charge in [-0.3, -0.25) is 0 Å². The summed E-state index contributed by atoms with van der Waals surface area (Å²) in [7, 11) is 0. The van der Waals surface area contributed by atoms with Gasteiger partial charge in [0.2, 0.25) is 0 Å². The van der Waals surface area contributed by atoms with Crippen LogP contribution in [0.1, 0.15) is 32.4 Å². The van der Waals surface area contributed by atoms with Crippen LogP contribution in [-0.4, -0.2) is 11.7 Å². The van der Waals surface area contributed by atoms with Gasteiger partial charge in [-0.2, -0.15) is 0 Å². The van der Waals surface area contributed by atoms with E-state index in [2.05, 4.69) is 0 Å². The second-order valence-corrected chi connectivity index (χ2v) is 0.762. The van der Waals surface area contributed by atoms with E-state index in [4.69, 9.17) is 17.4 Å². The van der Waals surface area contributed by atoms with Crippen LogP contribution in [0.3, 0.4) is 0 Å². The Labute approximate surface area is 51.6 Å². The third-order valence-electron chi connectivity index (χ3n) is 0.309. The first kappa shape index (κ1) is 0.752. The lowest BCUT2D eigenvalue weighted by molar-refractivity contribution is 0.234. The molecule has 0 aliphatic rings. The number of aliphatic hydroxyl groups excluding tert-OH is 1. The SMILES string of the molecule is [2H]C([2H])([2H])C([2H])([2H])C([2H])(CO)C([2H])([2H])[2H]. The summed E-state index contributed by atoms with van der Waals surface area (Å²) in [6, 6.07) is 0. The zero-order valence-electron chi connectivity index (χ0n) is 12.2. The fourth-order valence-corrected chi connectivity index (χ4v) is 0.0395. The maximum absolute atomic E-state index is 8.78. The van der Waals surface area contributed by atoms with Crippen LogP contribution in [0.2, 0.25) is 0 Å². The summed E-state index contributed by atoms with van der Waals surface area (Å²) in [5.74, 6) is -3.06. The van der Waals surface area contributed by atoms with Crippen molar-refractivity contribution in [1.82, 2.24) is 0 Å². The fourth-order valence-electron chi connectivity index (χ4n) is 0.0395. The highest BCUT2D eigenvalue weighted by atomic mass is 16.3. The second kappa shape index (κ2) is 3.16. The Morgan fingerprint density at radius 3 is 3.33 bits per heavy atom. The van der Waals surface area contributed by atoms with Gasteiger partial charge in [-0.1, -0.05) is 20.1 Å². The number of hydrogen-bond donors (Lipinski definition) is 1. The lowest BCUT2D eigenvalue weighted by atomic mass is 10.1. The maximum Gasteiger partial charge on any atom is 0.0456 e. The summed E-state index contributed by atoms with van der Waals surface area (Å²) in [5, 5.41) is 8.78. The van der Waals surface area contributed by atoms with Crippen LogP contribution >= 0.6 is 0 Å². The molecule has 0 aromatic carbocycles. The Bertz CT molecular complexity index is 228. The van der Waals surface area contributed by atoms with Crippen LogP contribution in [0.4, 0.5) is 0 Å². The molecule has 0 aliphatic carbocycles. The average Bonchev–Trinajstić information content (AvgIpc) is 1.98. The molecular formula is C5H12O. The molecule has 0 fully saturated rings. The third-order valence-corrected chi connectivity index (χ3v) is 0.309. The summed E-state index contributed by atoms with van der Waals surface area (Å²) < 4.78 is 63.0. The molecule has 1 atom stereocenters. The van der Waals surface area contributed by atoms with E-state index < -0.39 is 32.6 Å². The van der Waals surface area contributed by atoms with Gasteiger partial charge in [-0.15, -0.1) is 0 Å². The normalized spacial score (nSPS) is 48.5. The summed E-state index contributed by atoms with van der Waals surface area (Å²) in [4.78, 5) is 0. The molecule has 0 saturated heterocycles. The molecule has 0 rings (SSSR count). The molecule has 0 aromatic rings. The molecule has 38 valence electrons. The molecule has 0 aromatic heterocycles. The predicted octanol–water partition coefficient (Wildman–Crippen LogP) is 1.02. The van der Waals surface area contributed by atoms with Crippen molar-refractivity contribution in [2.24, 2.45) is 5.89 Å². The minimum Gasteiger partial charge on any atom is -0.396 e. The Balaban J connectivity index is 5.50. The molecule has 1 unspecified atom stereocenters. The number of hydrogen-bond acceptors (Lipinski definition) is 1. The molecule has 0 spiro atoms. The minimum absolute atomic E-state index is 1.39. The summed E-state index contributed by atoms with van der Waals surface area (Å²) in [6.07, 6.45) is -3.32. The molecule has 0 heterocycles. The minimum atomic E-state index is -3.32. The Kier molecular flexibility index (Phi) is 0.396. The smallest absolute Gasteiger partial charge is 0.0456 e. The van der Waals surface area contributed by atoms with Gasteiger partial charge in [-0.25, -0.2) is 0 Å². The molecule has 6 heavy (non-hydrogen) atoms. The predicted molar refractivity (Wildman–Crippen MR) is 26.5 cm³/mol. The van der Waals surface area contributed by atoms with Gasteiger partial charge in [0.25, 0.3) is 0 Å². The zero-order chi connectivity index (χ0) is 12.7. The van der Waals surface area contributed by atoms with Crippen LogP contribution in [0, 0.1) is 5.89 Å². The molecule has 0 radical (unpaired) electrons. The molecule has 0 saturated carbocycles. The van der Waals surface area contributed by atoms with E-state index in [1.54, 1.807) is 0 Å². The first-order valence-electron chi connectivity index (χ1n) is 5.92. The Hall–Kier alpha value is -0.0400. The molecular weight excluding hydrogens is 76.1 g/mol. The van der Waals surface area contributed by atoms with Crippen molar-refractivity contribution >= 4 is 0 Å². The molecule has 0 bridgehead atoms. The molecule has 1 heteroatoms. The lowest BCUT2D eigenvalue weighted by Gasteiger charge is -1.98. The van der Waals surface area contributed by atoms with Gasteiger partial charge in [0.05, 0.1) is 0 Å². The van der Waals surface area contributed by atoms with Crippen LogP contribution < -0.4 is 0 Å². The fraction of sp³-hybridized carbons (Fsp3) is 1.00. The Morgan fingerprint density at radius 1 is 2.33 bits per heavy atom. The van der Waals surface area contributed by atoms with Gasteiger partial charge >= 0.3 is 0 Å². The van der Waals surface area contributed by atoms with E-state index in [-0.39, 0.29) is 0 Å². The highest BCUT2D eigenvalue weighted by Gasteiger charge is 1.90. The van der Waals surface area contributed by atoms with Crippen molar-refractivity contribution in [3.05, 3.63) is 0 Å². The number of aliphatic hydroxyl groups is 1. The topological polar surface area (TPSA) is 20.2 Å². The van der Waals surface area contributed by atoms with Gasteiger partial charge in [0, 0.05) is 18.9 Å². The third kappa shape index (κ3) is 2.21. The standard InChI is InChI=1S/C5H12O/c1-3-5(2)4-6/h5-6H,3-4H2,1-2H3/i1D3,2D3,3D2,5D. The van der Waals surface area contributed by atoms with E-state index in [9.17, 15) is 0 Å². The quantitative estimate of drug-likeness (QED) is 0.545. The first-order chi connectivity index (χ1) is 6.31. The molecule has 0 aliphatic heterocycles. The molecule has 0 amide bonds. The summed E-state index contributed by atoms with van der Waals surface area (Å²) in [6.45, 7) is -7.90. The van der Waals surface area contributed by atoms with E-state index >= 15 is 0 Å². The van der Waals surface area contributed by atoms with Crippen LogP contribution in [0.25, 0.3) is 0 Å². The van der Waals surface area contributed by atoms with Crippen molar-refractivity contribution in [2.75, 3.05) is 6.61 Å². The summed E-state index contributed by atoms with van der Waals surface area (Å²) >= 11 is 0. The van der Waals surface area contributed by atoms with Gasteiger partial charge in [0.15, 0.2) is 0 Å². The van der Waals surface area contributed by atoms with Crippen molar-refractivity contribution in [3.63, 3.8) is 0 Å². The van der Waals surface area contributed by atoms with Crippen molar-refractivity contribution < 1.29 is 17.4 Å². The van der Waals surface area contributed by atoms with Crippen molar-refractivity contribution in [3.8, 4) is 0 Å². The lowest BCUT2D eigenvalue weighted by Crippen LogP contribution is -1.96. The van der Waals surface area contributed by atoms with Crippen molar-refractivity contribution in [1.29, 1.82) is 0 Å². The summed E-state index contributed by atoms with van der Waals surface area (Å²) in [5.41, 5.74) is 0. The van der Waals surface area contributed by atoms with Crippen LogP contribution in [-0.2, 0) is 0 Å². The van der Waals surface area contributed by atoms with Gasteiger partial charge in [-0.05, 0) is 5.89 Å². The first-order valence-corrected chi connectivity index (χ1v) is 1.42. The molecule has 1 N–H and O–H groups in total. The van der Waals surface area contributed by atoms with E-state index in [0.29, 0.717) is 0 Å².